The van der Waals surface area contributed by atoms with Crippen molar-refractivity contribution >= 4 is 17.0 Å². The predicted molar refractivity (Wildman–Crippen MR) is 79.9 cm³/mol. The fourth-order valence-corrected chi connectivity index (χ4v) is 3.15. The Bertz CT molecular complexity index is 651. The number of aromatic nitrogens is 3. The summed E-state index contributed by atoms with van der Waals surface area (Å²) in [6.07, 6.45) is 11.8. The van der Waals surface area contributed by atoms with Crippen LogP contribution in [-0.4, -0.2) is 40.5 Å². The Balaban J connectivity index is 1.81. The van der Waals surface area contributed by atoms with E-state index in [0.717, 1.165) is 44.1 Å². The lowest BCUT2D eigenvalue weighted by atomic mass is 10.1. The zero-order chi connectivity index (χ0) is 13.4. The van der Waals surface area contributed by atoms with Crippen molar-refractivity contribution in [3.05, 3.63) is 30.4 Å². The van der Waals surface area contributed by atoms with Crippen LogP contribution in [0.15, 0.2) is 24.7 Å². The van der Waals surface area contributed by atoms with Gasteiger partial charge >= 0.3 is 0 Å². The average Bonchev–Trinajstić information content (AvgIpc) is 3.17. The zero-order valence-corrected chi connectivity index (χ0v) is 11.5. The van der Waals surface area contributed by atoms with Crippen LogP contribution in [-0.2, 0) is 0 Å². The zero-order valence-electron chi connectivity index (χ0n) is 11.5. The molecule has 4 heterocycles. The molecule has 2 aliphatic rings. The van der Waals surface area contributed by atoms with Gasteiger partial charge in [0.1, 0.15) is 0 Å². The van der Waals surface area contributed by atoms with Crippen LogP contribution in [0.1, 0.15) is 25.0 Å². The van der Waals surface area contributed by atoms with Crippen molar-refractivity contribution in [2.75, 3.05) is 31.1 Å². The van der Waals surface area contributed by atoms with Crippen molar-refractivity contribution in [1.82, 2.24) is 19.7 Å². The Morgan fingerprint density at radius 1 is 1.15 bits per heavy atom. The van der Waals surface area contributed by atoms with Crippen molar-refractivity contribution in [2.24, 2.45) is 0 Å². The SMILES string of the molecule is C1=C(c2cnc3c(N4CCCC4)nccn23)CCNC1. The van der Waals surface area contributed by atoms with E-state index in [1.807, 2.05) is 18.6 Å². The first-order valence-electron chi connectivity index (χ1n) is 7.40. The van der Waals surface area contributed by atoms with Gasteiger partial charge in [0.2, 0.25) is 0 Å². The van der Waals surface area contributed by atoms with Crippen LogP contribution in [0.3, 0.4) is 0 Å². The fraction of sp³-hybridized carbons (Fsp3) is 0.467. The molecule has 0 saturated carbocycles. The van der Waals surface area contributed by atoms with E-state index in [9.17, 15) is 0 Å². The van der Waals surface area contributed by atoms with Crippen LogP contribution in [0.5, 0.6) is 0 Å². The van der Waals surface area contributed by atoms with E-state index in [2.05, 4.69) is 30.7 Å². The second-order valence-corrected chi connectivity index (χ2v) is 5.47. The molecule has 4 rings (SSSR count). The Labute approximate surface area is 118 Å². The minimum absolute atomic E-state index is 0.951. The molecule has 5 heteroatoms. The van der Waals surface area contributed by atoms with Crippen molar-refractivity contribution in [2.45, 2.75) is 19.3 Å². The fourth-order valence-electron chi connectivity index (χ4n) is 3.15. The monoisotopic (exact) mass is 269 g/mol. The van der Waals surface area contributed by atoms with Crippen LogP contribution in [0.2, 0.25) is 0 Å². The second-order valence-electron chi connectivity index (χ2n) is 5.47. The highest BCUT2D eigenvalue weighted by Gasteiger charge is 2.19. The molecule has 104 valence electrons. The third-order valence-electron chi connectivity index (χ3n) is 4.21. The molecule has 0 aliphatic carbocycles. The van der Waals surface area contributed by atoms with Gasteiger partial charge in [-0.05, 0) is 31.4 Å². The number of nitrogens with one attached hydrogen (secondary N) is 1. The molecule has 5 nitrogen and oxygen atoms in total. The average molecular weight is 269 g/mol. The van der Waals surface area contributed by atoms with Crippen molar-refractivity contribution in [3.8, 4) is 0 Å². The molecule has 0 bridgehead atoms. The van der Waals surface area contributed by atoms with Gasteiger partial charge in [-0.25, -0.2) is 9.97 Å². The largest absolute Gasteiger partial charge is 0.354 e. The molecule has 0 unspecified atom stereocenters. The minimum Gasteiger partial charge on any atom is -0.354 e. The highest BCUT2D eigenvalue weighted by Crippen LogP contribution is 2.26. The number of imidazole rings is 1. The predicted octanol–water partition coefficient (Wildman–Crippen LogP) is 1.71. The molecule has 0 atom stereocenters. The number of fused-ring (bicyclic) bond motifs is 1. The third-order valence-corrected chi connectivity index (χ3v) is 4.21. The molecule has 0 amide bonds. The maximum absolute atomic E-state index is 4.64. The van der Waals surface area contributed by atoms with Crippen LogP contribution >= 0.6 is 0 Å². The maximum atomic E-state index is 4.64. The lowest BCUT2D eigenvalue weighted by Crippen LogP contribution is -2.21. The van der Waals surface area contributed by atoms with Gasteiger partial charge in [-0.15, -0.1) is 0 Å². The second kappa shape index (κ2) is 4.90. The Morgan fingerprint density at radius 3 is 2.85 bits per heavy atom. The standard InChI is InChI=1S/C15H19N5/c1-2-9-19(8-1)14-15-18-11-13(20(15)10-7-17-14)12-3-5-16-6-4-12/h3,7,10-11,16H,1-2,4-6,8-9H2. The van der Waals surface area contributed by atoms with E-state index >= 15 is 0 Å². The summed E-state index contributed by atoms with van der Waals surface area (Å²) in [4.78, 5) is 11.5. The van der Waals surface area contributed by atoms with Gasteiger partial charge in [0, 0.05) is 32.0 Å². The summed E-state index contributed by atoms with van der Waals surface area (Å²) < 4.78 is 2.19. The van der Waals surface area contributed by atoms with Crippen molar-refractivity contribution < 1.29 is 0 Å². The molecular weight excluding hydrogens is 250 g/mol. The number of anilines is 1. The Kier molecular flexibility index (Phi) is 2.92. The summed E-state index contributed by atoms with van der Waals surface area (Å²) in [6.45, 7) is 4.19. The van der Waals surface area contributed by atoms with Gasteiger partial charge in [0.25, 0.3) is 0 Å². The Hall–Kier alpha value is -1.88. The molecule has 1 fully saturated rings. The van der Waals surface area contributed by atoms with Crippen LogP contribution in [0.4, 0.5) is 5.82 Å². The first-order chi connectivity index (χ1) is 9.93. The van der Waals surface area contributed by atoms with Crippen LogP contribution in [0, 0.1) is 0 Å². The maximum Gasteiger partial charge on any atom is 0.180 e. The van der Waals surface area contributed by atoms with Gasteiger partial charge < -0.3 is 10.2 Å². The number of nitrogens with zero attached hydrogens (tertiary/aromatic N) is 4. The summed E-state index contributed by atoms with van der Waals surface area (Å²) in [5.74, 6) is 1.03. The normalized spacial score (nSPS) is 19.6. The molecule has 20 heavy (non-hydrogen) atoms. The molecule has 1 N–H and O–H groups in total. The van der Waals surface area contributed by atoms with Gasteiger partial charge in [0.15, 0.2) is 11.5 Å². The Morgan fingerprint density at radius 2 is 2.05 bits per heavy atom. The molecule has 2 aliphatic heterocycles. The number of hydrogen-bond donors (Lipinski definition) is 1. The smallest absolute Gasteiger partial charge is 0.180 e. The van der Waals surface area contributed by atoms with E-state index in [1.54, 1.807) is 0 Å². The molecular formula is C15H19N5. The minimum atomic E-state index is 0.951. The van der Waals surface area contributed by atoms with E-state index in [1.165, 1.54) is 24.1 Å². The lowest BCUT2D eigenvalue weighted by Gasteiger charge is -2.17. The molecule has 1 saturated heterocycles. The third kappa shape index (κ3) is 1.89. The highest BCUT2D eigenvalue weighted by molar-refractivity contribution is 5.71. The molecule has 2 aromatic rings. The van der Waals surface area contributed by atoms with Gasteiger partial charge in [-0.2, -0.15) is 0 Å². The number of hydrogen-bond acceptors (Lipinski definition) is 4. The lowest BCUT2D eigenvalue weighted by molar-refractivity contribution is 0.736. The van der Waals surface area contributed by atoms with E-state index < -0.39 is 0 Å². The summed E-state index contributed by atoms with van der Waals surface area (Å²) in [6, 6.07) is 0. The first kappa shape index (κ1) is 11.9. The van der Waals surface area contributed by atoms with Crippen LogP contribution in [0.25, 0.3) is 11.2 Å². The van der Waals surface area contributed by atoms with Gasteiger partial charge in [-0.3, -0.25) is 4.40 Å². The summed E-state index contributed by atoms with van der Waals surface area (Å²) >= 11 is 0. The van der Waals surface area contributed by atoms with E-state index in [-0.39, 0.29) is 0 Å². The van der Waals surface area contributed by atoms with Crippen molar-refractivity contribution in [1.29, 1.82) is 0 Å². The van der Waals surface area contributed by atoms with E-state index in [4.69, 9.17) is 0 Å². The van der Waals surface area contributed by atoms with Gasteiger partial charge in [-0.1, -0.05) is 6.08 Å². The van der Waals surface area contributed by atoms with Crippen molar-refractivity contribution in [3.63, 3.8) is 0 Å². The van der Waals surface area contributed by atoms with Crippen LogP contribution < -0.4 is 10.2 Å². The number of rotatable bonds is 2. The highest BCUT2D eigenvalue weighted by atomic mass is 15.2. The topological polar surface area (TPSA) is 45.5 Å². The molecule has 0 spiro atoms. The van der Waals surface area contributed by atoms with Gasteiger partial charge in [0.05, 0.1) is 11.9 Å². The molecule has 0 radical (unpaired) electrons. The summed E-state index contributed by atoms with van der Waals surface area (Å²) in [7, 11) is 0. The quantitative estimate of drug-likeness (QED) is 0.901. The summed E-state index contributed by atoms with van der Waals surface area (Å²) in [5.41, 5.74) is 3.59. The molecule has 2 aromatic heterocycles. The summed E-state index contributed by atoms with van der Waals surface area (Å²) in [5, 5.41) is 3.35. The first-order valence-corrected chi connectivity index (χ1v) is 7.40. The van der Waals surface area contributed by atoms with E-state index in [0.29, 0.717) is 0 Å². The molecule has 0 aromatic carbocycles.